The summed E-state index contributed by atoms with van der Waals surface area (Å²) < 4.78 is 18.3. The molecule has 8 atom stereocenters. The minimum Gasteiger partial charge on any atom is -0.396 e. The maximum absolute atomic E-state index is 10.5. The lowest BCUT2D eigenvalue weighted by molar-refractivity contribution is -0.225. The van der Waals surface area contributed by atoms with Gasteiger partial charge in [-0.2, -0.15) is 0 Å². The van der Waals surface area contributed by atoms with E-state index in [0.29, 0.717) is 32.4 Å². The van der Waals surface area contributed by atoms with Crippen molar-refractivity contribution in [3.8, 4) is 0 Å². The summed E-state index contributed by atoms with van der Waals surface area (Å²) in [6, 6.07) is -0.846. The fourth-order valence-electron chi connectivity index (χ4n) is 4.13. The Kier molecular flexibility index (Phi) is 13.4. The molecule has 0 amide bonds. The quantitative estimate of drug-likeness (QED) is 0.0582. The smallest absolute Gasteiger partial charge is 0.174 e. The molecular weight excluding hydrogens is 478 g/mol. The van der Waals surface area contributed by atoms with Crippen LogP contribution in [0, 0.1) is 11.8 Å². The molecule has 0 bridgehead atoms. The first kappa shape index (κ1) is 32.1. The Balaban J connectivity index is 2.03. The van der Waals surface area contributed by atoms with Crippen molar-refractivity contribution >= 4 is 5.84 Å². The lowest BCUT2D eigenvalue weighted by Crippen LogP contribution is -2.50. The van der Waals surface area contributed by atoms with E-state index in [1.807, 2.05) is 33.8 Å². The zero-order valence-electron chi connectivity index (χ0n) is 23.0. The average molecular weight is 530 g/mol. The molecule has 8 unspecified atom stereocenters. The average Bonchev–Trinajstić information content (AvgIpc) is 3.61. The third-order valence-corrected chi connectivity index (χ3v) is 6.76. The van der Waals surface area contributed by atoms with Crippen LogP contribution in [0.2, 0.25) is 0 Å². The van der Waals surface area contributed by atoms with E-state index in [1.165, 1.54) is 0 Å². The highest BCUT2D eigenvalue weighted by molar-refractivity contribution is 5.91. The van der Waals surface area contributed by atoms with Crippen molar-refractivity contribution in [2.75, 3.05) is 26.2 Å². The highest BCUT2D eigenvalue weighted by Gasteiger charge is 2.45. The van der Waals surface area contributed by atoms with E-state index in [4.69, 9.17) is 31.4 Å². The van der Waals surface area contributed by atoms with E-state index in [9.17, 15) is 15.3 Å². The van der Waals surface area contributed by atoms with Gasteiger partial charge in [-0.15, -0.1) is 0 Å². The minimum absolute atomic E-state index is 0.0431. The zero-order valence-corrected chi connectivity index (χ0v) is 23.0. The first-order chi connectivity index (χ1) is 17.5. The van der Waals surface area contributed by atoms with Crippen molar-refractivity contribution in [2.45, 2.75) is 108 Å². The Bertz CT molecular complexity index is 720. The second kappa shape index (κ2) is 15.4. The number of allylic oxidation sites excluding steroid dienone is 1. The largest absolute Gasteiger partial charge is 0.396 e. The van der Waals surface area contributed by atoms with Gasteiger partial charge in [0.1, 0.15) is 11.4 Å². The number of aliphatic hydroxyl groups excluding tert-OH is 2. The first-order valence-electron chi connectivity index (χ1n) is 13.6. The standard InChI is InChI=1S/C26H51N5O6/c1-16(2)5-8-23(33)37-22(21(12-27)31-25(29)26(34)9-10-26)11-18(4)35-24-20(28)7-6-19(36-24)14-30-13-17(3)15-32/h5,8,16-24,30,32-34H,6-7,9-15,27-28H2,1-4H3,(H2,29,31)/b8-5+. The monoisotopic (exact) mass is 529 g/mol. The summed E-state index contributed by atoms with van der Waals surface area (Å²) in [4.78, 5) is 4.48. The van der Waals surface area contributed by atoms with Crippen LogP contribution >= 0.6 is 0 Å². The number of amidine groups is 1. The summed E-state index contributed by atoms with van der Waals surface area (Å²) in [5.74, 6) is 0.565. The van der Waals surface area contributed by atoms with Gasteiger partial charge in [0.15, 0.2) is 12.6 Å². The maximum Gasteiger partial charge on any atom is 0.174 e. The molecule has 10 N–H and O–H groups in total. The number of nitrogens with zero attached hydrogens (tertiary/aromatic N) is 1. The van der Waals surface area contributed by atoms with Gasteiger partial charge in [0, 0.05) is 26.1 Å². The Hall–Kier alpha value is -1.15. The lowest BCUT2D eigenvalue weighted by Gasteiger charge is -2.37. The van der Waals surface area contributed by atoms with E-state index in [2.05, 4.69) is 10.3 Å². The molecular formula is C26H51N5O6. The number of hydrogen-bond donors (Lipinski definition) is 7. The third-order valence-electron chi connectivity index (χ3n) is 6.76. The highest BCUT2D eigenvalue weighted by Crippen LogP contribution is 2.35. The van der Waals surface area contributed by atoms with Gasteiger partial charge in [0.2, 0.25) is 0 Å². The molecule has 1 saturated heterocycles. The van der Waals surface area contributed by atoms with Crippen LogP contribution in [0.5, 0.6) is 0 Å². The van der Waals surface area contributed by atoms with E-state index in [-0.39, 0.29) is 49.1 Å². The van der Waals surface area contributed by atoms with Crippen molar-refractivity contribution in [1.29, 1.82) is 0 Å². The van der Waals surface area contributed by atoms with Gasteiger partial charge in [-0.1, -0.05) is 26.8 Å². The molecule has 1 heterocycles. The van der Waals surface area contributed by atoms with Gasteiger partial charge in [0.05, 0.1) is 30.4 Å². The van der Waals surface area contributed by atoms with Crippen molar-refractivity contribution in [1.82, 2.24) is 5.32 Å². The van der Waals surface area contributed by atoms with Crippen LogP contribution < -0.4 is 22.5 Å². The van der Waals surface area contributed by atoms with E-state index >= 15 is 0 Å². The highest BCUT2D eigenvalue weighted by atomic mass is 16.7. The second-order valence-electron chi connectivity index (χ2n) is 11.0. The fraction of sp³-hybridized carbons (Fsp3) is 0.885. The van der Waals surface area contributed by atoms with Crippen LogP contribution in [0.3, 0.4) is 0 Å². The maximum atomic E-state index is 10.5. The van der Waals surface area contributed by atoms with Crippen LogP contribution in [0.25, 0.3) is 0 Å². The summed E-state index contributed by atoms with van der Waals surface area (Å²) in [7, 11) is 0. The van der Waals surface area contributed by atoms with Gasteiger partial charge in [0.25, 0.3) is 0 Å². The molecule has 1 saturated carbocycles. The summed E-state index contributed by atoms with van der Waals surface area (Å²) in [5.41, 5.74) is 17.3. The van der Waals surface area contributed by atoms with Gasteiger partial charge in [-0.3, -0.25) is 4.99 Å². The van der Waals surface area contributed by atoms with Crippen LogP contribution in [0.15, 0.2) is 17.1 Å². The number of hydrogen-bond acceptors (Lipinski definition) is 10. The minimum atomic E-state index is -1.15. The Morgan fingerprint density at radius 1 is 1.22 bits per heavy atom. The molecule has 216 valence electrons. The number of ether oxygens (including phenoxy) is 3. The zero-order chi connectivity index (χ0) is 27.6. The topological polar surface area (TPSA) is 191 Å². The van der Waals surface area contributed by atoms with Crippen LogP contribution in [-0.2, 0) is 14.2 Å². The molecule has 0 radical (unpaired) electrons. The van der Waals surface area contributed by atoms with Crippen molar-refractivity contribution < 1.29 is 29.5 Å². The normalized spacial score (nSPS) is 28.3. The molecule has 11 heteroatoms. The molecule has 0 aromatic carbocycles. The van der Waals surface area contributed by atoms with E-state index in [1.54, 1.807) is 6.08 Å². The lowest BCUT2D eigenvalue weighted by atomic mass is 10.0. The van der Waals surface area contributed by atoms with Gasteiger partial charge < -0.3 is 52.0 Å². The number of nitrogens with one attached hydrogen (secondary N) is 1. The first-order valence-corrected chi connectivity index (χ1v) is 13.6. The van der Waals surface area contributed by atoms with E-state index in [0.717, 1.165) is 12.8 Å². The van der Waals surface area contributed by atoms with Crippen LogP contribution in [-0.4, -0.2) is 96.0 Å². The number of aliphatic hydroxyl groups is 3. The molecule has 1 aliphatic heterocycles. The number of nitrogens with two attached hydrogens (primary N) is 3. The van der Waals surface area contributed by atoms with Crippen molar-refractivity contribution in [3.05, 3.63) is 12.2 Å². The third kappa shape index (κ3) is 11.2. The molecule has 2 fully saturated rings. The van der Waals surface area contributed by atoms with E-state index < -0.39 is 30.3 Å². The Labute approximate surface area is 221 Å². The number of rotatable bonds is 17. The van der Waals surface area contributed by atoms with Crippen LogP contribution in [0.4, 0.5) is 0 Å². The summed E-state index contributed by atoms with van der Waals surface area (Å²) in [6.45, 7) is 9.49. The van der Waals surface area contributed by atoms with Crippen molar-refractivity contribution in [2.24, 2.45) is 34.0 Å². The van der Waals surface area contributed by atoms with Gasteiger partial charge in [-0.25, -0.2) is 0 Å². The summed E-state index contributed by atoms with van der Waals surface area (Å²) in [6.07, 6.45) is 3.77. The van der Waals surface area contributed by atoms with Crippen molar-refractivity contribution in [3.63, 3.8) is 0 Å². The summed E-state index contributed by atoms with van der Waals surface area (Å²) in [5, 5.41) is 33.4. The van der Waals surface area contributed by atoms with Gasteiger partial charge in [-0.05, 0) is 57.1 Å². The molecule has 37 heavy (non-hydrogen) atoms. The molecule has 1 aliphatic carbocycles. The Morgan fingerprint density at radius 2 is 1.92 bits per heavy atom. The molecule has 2 rings (SSSR count). The molecule has 2 aliphatic rings. The van der Waals surface area contributed by atoms with Crippen LogP contribution in [0.1, 0.15) is 59.8 Å². The fourth-order valence-corrected chi connectivity index (χ4v) is 4.13. The second-order valence-corrected chi connectivity index (χ2v) is 11.0. The number of aliphatic imine (C=N–C) groups is 1. The Morgan fingerprint density at radius 3 is 2.51 bits per heavy atom. The molecule has 0 aromatic rings. The van der Waals surface area contributed by atoms with Gasteiger partial charge >= 0.3 is 0 Å². The predicted molar refractivity (Wildman–Crippen MR) is 144 cm³/mol. The summed E-state index contributed by atoms with van der Waals surface area (Å²) >= 11 is 0. The SMILES string of the molecule is CC(C)/C=C/C(O)OC(CC(C)OC1OC(CNCC(C)CO)CCC1N)C(CN)N=C(N)C1(O)CC1. The molecule has 11 nitrogen and oxygen atoms in total. The molecule has 0 spiro atoms. The predicted octanol–water partition coefficient (Wildman–Crippen LogP) is -0.0428. The molecule has 0 aromatic heterocycles.